The molecule has 2 unspecified atom stereocenters. The van der Waals surface area contributed by atoms with Crippen molar-refractivity contribution in [3.8, 4) is 0 Å². The zero-order valence-corrected chi connectivity index (χ0v) is 11.0. The predicted octanol–water partition coefficient (Wildman–Crippen LogP) is 2.48. The van der Waals surface area contributed by atoms with E-state index < -0.39 is 0 Å². The van der Waals surface area contributed by atoms with E-state index in [1.165, 1.54) is 0 Å². The fraction of sp³-hybridized carbons (Fsp3) is 0.643. The number of anilines is 2. The van der Waals surface area contributed by atoms with Crippen LogP contribution in [0.15, 0.2) is 18.3 Å². The summed E-state index contributed by atoms with van der Waals surface area (Å²) >= 11 is 0. The molecule has 0 aliphatic heterocycles. The molecule has 1 aliphatic rings. The minimum absolute atomic E-state index is 0.128. The number of aliphatic hydroxyl groups is 1. The monoisotopic (exact) mass is 249 g/mol. The molecular weight excluding hydrogens is 226 g/mol. The second-order valence-corrected chi connectivity index (χ2v) is 5.00. The molecule has 4 heteroatoms. The molecule has 1 aliphatic carbocycles. The minimum Gasteiger partial charge on any atom is -0.393 e. The Labute approximate surface area is 109 Å². The van der Waals surface area contributed by atoms with Gasteiger partial charge in [0.1, 0.15) is 5.82 Å². The Kier molecular flexibility index (Phi) is 4.81. The topological polar surface area (TPSA) is 57.2 Å². The molecule has 3 N–H and O–H groups in total. The van der Waals surface area contributed by atoms with Crippen LogP contribution >= 0.6 is 0 Å². The molecule has 18 heavy (non-hydrogen) atoms. The van der Waals surface area contributed by atoms with Gasteiger partial charge in [0, 0.05) is 37.0 Å². The molecule has 2 rings (SSSR count). The Morgan fingerprint density at radius 1 is 1.39 bits per heavy atom. The maximum absolute atomic E-state index is 9.77. The van der Waals surface area contributed by atoms with Crippen LogP contribution in [0.2, 0.25) is 0 Å². The summed E-state index contributed by atoms with van der Waals surface area (Å²) in [5, 5.41) is 16.4. The summed E-state index contributed by atoms with van der Waals surface area (Å²) in [6, 6.07) is 4.00. The molecule has 0 aromatic carbocycles. The van der Waals surface area contributed by atoms with Crippen LogP contribution in [0.5, 0.6) is 0 Å². The van der Waals surface area contributed by atoms with Crippen molar-refractivity contribution in [2.75, 3.05) is 23.7 Å². The molecule has 0 saturated heterocycles. The first-order valence-electron chi connectivity index (χ1n) is 6.91. The van der Waals surface area contributed by atoms with Crippen molar-refractivity contribution in [2.45, 2.75) is 38.7 Å². The molecule has 1 heterocycles. The molecule has 0 radical (unpaired) electrons. The standard InChI is InChI=1S/C14H23N3O/c1-2-7-15-14-9-12(6-8-16-14)17-10-11-4-3-5-13(11)18/h6,8-9,11,13,18H,2-5,7,10H2,1H3,(H2,15,16,17). The third-order valence-corrected chi connectivity index (χ3v) is 3.50. The molecule has 0 amide bonds. The summed E-state index contributed by atoms with van der Waals surface area (Å²) in [6.07, 6.45) is 6.00. The normalized spacial score (nSPS) is 23.0. The Bertz CT molecular complexity index is 370. The van der Waals surface area contributed by atoms with Crippen molar-refractivity contribution in [2.24, 2.45) is 5.92 Å². The Hall–Kier alpha value is -1.29. The predicted molar refractivity (Wildman–Crippen MR) is 74.9 cm³/mol. The second kappa shape index (κ2) is 6.59. The minimum atomic E-state index is -0.128. The van der Waals surface area contributed by atoms with Crippen LogP contribution in [0.25, 0.3) is 0 Å². The van der Waals surface area contributed by atoms with Gasteiger partial charge in [-0.1, -0.05) is 13.3 Å². The average Bonchev–Trinajstić information content (AvgIpc) is 2.80. The first kappa shape index (κ1) is 13.1. The van der Waals surface area contributed by atoms with E-state index in [4.69, 9.17) is 0 Å². The number of aromatic nitrogens is 1. The van der Waals surface area contributed by atoms with Crippen LogP contribution in [0, 0.1) is 5.92 Å². The number of hydrogen-bond acceptors (Lipinski definition) is 4. The highest BCUT2D eigenvalue weighted by molar-refractivity contribution is 5.51. The Morgan fingerprint density at radius 2 is 2.28 bits per heavy atom. The quantitative estimate of drug-likeness (QED) is 0.725. The van der Waals surface area contributed by atoms with Gasteiger partial charge in [0.2, 0.25) is 0 Å². The lowest BCUT2D eigenvalue weighted by Gasteiger charge is -2.16. The summed E-state index contributed by atoms with van der Waals surface area (Å²) in [6.45, 7) is 3.92. The Balaban J connectivity index is 1.84. The molecule has 2 atom stereocenters. The van der Waals surface area contributed by atoms with E-state index >= 15 is 0 Å². The molecule has 0 bridgehead atoms. The lowest BCUT2D eigenvalue weighted by Crippen LogP contribution is -2.21. The summed E-state index contributed by atoms with van der Waals surface area (Å²) in [5.74, 6) is 1.30. The first-order valence-corrected chi connectivity index (χ1v) is 6.91. The summed E-state index contributed by atoms with van der Waals surface area (Å²) in [7, 11) is 0. The van der Waals surface area contributed by atoms with Gasteiger partial charge < -0.3 is 15.7 Å². The second-order valence-electron chi connectivity index (χ2n) is 5.00. The molecule has 4 nitrogen and oxygen atoms in total. The molecule has 1 aromatic rings. The zero-order valence-electron chi connectivity index (χ0n) is 11.0. The fourth-order valence-electron chi connectivity index (χ4n) is 2.39. The van der Waals surface area contributed by atoms with Crippen LogP contribution in [0.1, 0.15) is 32.6 Å². The van der Waals surface area contributed by atoms with E-state index in [-0.39, 0.29) is 6.10 Å². The van der Waals surface area contributed by atoms with Crippen LogP contribution in [0.3, 0.4) is 0 Å². The van der Waals surface area contributed by atoms with Crippen molar-refractivity contribution in [1.29, 1.82) is 0 Å². The van der Waals surface area contributed by atoms with Gasteiger partial charge in [0.05, 0.1) is 6.10 Å². The maximum atomic E-state index is 9.77. The molecule has 1 aromatic heterocycles. The highest BCUT2D eigenvalue weighted by Crippen LogP contribution is 2.25. The van der Waals surface area contributed by atoms with E-state index in [0.29, 0.717) is 5.92 Å². The Morgan fingerprint density at radius 3 is 3.00 bits per heavy atom. The van der Waals surface area contributed by atoms with Gasteiger partial charge in [-0.25, -0.2) is 4.98 Å². The number of nitrogens with one attached hydrogen (secondary N) is 2. The molecule has 0 spiro atoms. The summed E-state index contributed by atoms with van der Waals surface area (Å²) in [5.41, 5.74) is 1.07. The van der Waals surface area contributed by atoms with Crippen LogP contribution < -0.4 is 10.6 Å². The third-order valence-electron chi connectivity index (χ3n) is 3.50. The highest BCUT2D eigenvalue weighted by Gasteiger charge is 2.24. The third kappa shape index (κ3) is 3.60. The molecule has 1 saturated carbocycles. The van der Waals surface area contributed by atoms with Crippen molar-refractivity contribution >= 4 is 11.5 Å². The lowest BCUT2D eigenvalue weighted by atomic mass is 10.1. The van der Waals surface area contributed by atoms with Crippen molar-refractivity contribution in [1.82, 2.24) is 4.98 Å². The van der Waals surface area contributed by atoms with Crippen LogP contribution in [-0.4, -0.2) is 29.3 Å². The summed E-state index contributed by atoms with van der Waals surface area (Å²) in [4.78, 5) is 4.27. The smallest absolute Gasteiger partial charge is 0.127 e. The number of nitrogens with zero attached hydrogens (tertiary/aromatic N) is 1. The lowest BCUT2D eigenvalue weighted by molar-refractivity contribution is 0.138. The van der Waals surface area contributed by atoms with Gasteiger partial charge in [-0.05, 0) is 25.3 Å². The fourth-order valence-corrected chi connectivity index (χ4v) is 2.39. The van der Waals surface area contributed by atoms with Crippen LogP contribution in [-0.2, 0) is 0 Å². The van der Waals surface area contributed by atoms with Crippen molar-refractivity contribution < 1.29 is 5.11 Å². The number of aliphatic hydroxyl groups excluding tert-OH is 1. The van der Waals surface area contributed by atoms with E-state index in [1.807, 2.05) is 18.3 Å². The highest BCUT2D eigenvalue weighted by atomic mass is 16.3. The maximum Gasteiger partial charge on any atom is 0.127 e. The summed E-state index contributed by atoms with van der Waals surface area (Å²) < 4.78 is 0. The van der Waals surface area contributed by atoms with E-state index in [9.17, 15) is 5.11 Å². The van der Waals surface area contributed by atoms with Gasteiger partial charge in [-0.3, -0.25) is 0 Å². The average molecular weight is 249 g/mol. The largest absolute Gasteiger partial charge is 0.393 e. The van der Waals surface area contributed by atoms with Gasteiger partial charge in [0.15, 0.2) is 0 Å². The molecule has 100 valence electrons. The number of rotatable bonds is 6. The SMILES string of the molecule is CCCNc1cc(NCC2CCCC2O)ccn1. The van der Waals surface area contributed by atoms with Crippen molar-refractivity contribution in [3.05, 3.63) is 18.3 Å². The molecule has 1 fully saturated rings. The van der Waals surface area contributed by atoms with Gasteiger partial charge in [-0.2, -0.15) is 0 Å². The zero-order chi connectivity index (χ0) is 12.8. The van der Waals surface area contributed by atoms with E-state index in [0.717, 1.165) is 50.3 Å². The number of pyridine rings is 1. The molecular formula is C14H23N3O. The van der Waals surface area contributed by atoms with Crippen molar-refractivity contribution in [3.63, 3.8) is 0 Å². The van der Waals surface area contributed by atoms with Gasteiger partial charge in [-0.15, -0.1) is 0 Å². The van der Waals surface area contributed by atoms with Crippen LogP contribution in [0.4, 0.5) is 11.5 Å². The van der Waals surface area contributed by atoms with Gasteiger partial charge >= 0.3 is 0 Å². The first-order chi connectivity index (χ1) is 8.79. The van der Waals surface area contributed by atoms with E-state index in [2.05, 4.69) is 22.5 Å². The van der Waals surface area contributed by atoms with E-state index in [1.54, 1.807) is 0 Å². The number of hydrogen-bond donors (Lipinski definition) is 3. The van der Waals surface area contributed by atoms with Gasteiger partial charge in [0.25, 0.3) is 0 Å².